The average molecular weight is 278 g/mol. The van der Waals surface area contributed by atoms with Crippen LogP contribution in [0.25, 0.3) is 0 Å². The van der Waals surface area contributed by atoms with Crippen LogP contribution in [0, 0.1) is 0 Å². The number of nitrogens with two attached hydrogens (primary N) is 1. The second-order valence-electron chi connectivity index (χ2n) is 3.77. The first kappa shape index (κ1) is 12.8. The molecule has 0 radical (unpaired) electrons. The molecule has 92 valence electrons. The molecule has 0 bridgehead atoms. The molecule has 0 fully saturated rings. The minimum Gasteiger partial charge on any atom is -0.389 e. The Hall–Kier alpha value is -1.65. The lowest BCUT2D eigenvalue weighted by molar-refractivity contribution is 1.11. The summed E-state index contributed by atoms with van der Waals surface area (Å²) in [5.74, 6) is 0. The molecule has 3 nitrogen and oxygen atoms in total. The number of pyridine rings is 1. The number of nitrogens with zero attached hydrogens (tertiary/aromatic N) is 1. The molecule has 0 unspecified atom stereocenters. The molecule has 1 aromatic carbocycles. The molecule has 1 aromatic heterocycles. The number of thiocarbonyl (C=S) groups is 1. The molecule has 2 aromatic rings. The van der Waals surface area contributed by atoms with E-state index in [1.165, 1.54) is 0 Å². The van der Waals surface area contributed by atoms with Crippen molar-refractivity contribution in [1.29, 1.82) is 0 Å². The summed E-state index contributed by atoms with van der Waals surface area (Å²) in [6, 6.07) is 9.37. The Morgan fingerprint density at radius 1 is 1.39 bits per heavy atom. The molecule has 0 atom stereocenters. The molecule has 2 rings (SSSR count). The van der Waals surface area contributed by atoms with Crippen LogP contribution in [0.2, 0.25) is 5.02 Å². The predicted octanol–water partition coefficient (Wildman–Crippen LogP) is 2.98. The summed E-state index contributed by atoms with van der Waals surface area (Å²) in [6.45, 7) is 0.667. The van der Waals surface area contributed by atoms with E-state index in [0.717, 1.165) is 16.8 Å². The molecule has 0 aliphatic heterocycles. The van der Waals surface area contributed by atoms with Gasteiger partial charge in [-0.05, 0) is 29.8 Å². The summed E-state index contributed by atoms with van der Waals surface area (Å²) in [7, 11) is 0. The number of halogens is 1. The van der Waals surface area contributed by atoms with Gasteiger partial charge in [0, 0.05) is 24.5 Å². The zero-order valence-corrected chi connectivity index (χ0v) is 11.1. The van der Waals surface area contributed by atoms with Crippen molar-refractivity contribution in [3.63, 3.8) is 0 Å². The number of benzene rings is 1. The van der Waals surface area contributed by atoms with Crippen LogP contribution in [0.4, 0.5) is 5.69 Å². The smallest absolute Gasteiger partial charge is 0.104 e. The van der Waals surface area contributed by atoms with Crippen molar-refractivity contribution in [1.82, 2.24) is 4.98 Å². The van der Waals surface area contributed by atoms with Gasteiger partial charge < -0.3 is 11.1 Å². The van der Waals surface area contributed by atoms with Gasteiger partial charge in [-0.2, -0.15) is 0 Å². The maximum Gasteiger partial charge on any atom is 0.104 e. The van der Waals surface area contributed by atoms with Crippen LogP contribution in [-0.2, 0) is 6.54 Å². The highest BCUT2D eigenvalue weighted by molar-refractivity contribution is 7.80. The Labute approximate surface area is 116 Å². The lowest BCUT2D eigenvalue weighted by Gasteiger charge is -2.09. The summed E-state index contributed by atoms with van der Waals surface area (Å²) >= 11 is 11.0. The summed E-state index contributed by atoms with van der Waals surface area (Å²) in [6.07, 6.45) is 3.55. The summed E-state index contributed by atoms with van der Waals surface area (Å²) in [5, 5.41) is 3.84. The second kappa shape index (κ2) is 5.80. The van der Waals surface area contributed by atoms with E-state index in [-0.39, 0.29) is 0 Å². The van der Waals surface area contributed by atoms with Crippen molar-refractivity contribution in [2.45, 2.75) is 6.54 Å². The van der Waals surface area contributed by atoms with Gasteiger partial charge in [0.15, 0.2) is 0 Å². The Kier molecular flexibility index (Phi) is 4.12. The molecule has 0 saturated heterocycles. The van der Waals surface area contributed by atoms with Crippen molar-refractivity contribution < 1.29 is 0 Å². The zero-order chi connectivity index (χ0) is 13.0. The number of nitrogens with one attached hydrogen (secondary N) is 1. The lowest BCUT2D eigenvalue weighted by Crippen LogP contribution is -2.09. The topological polar surface area (TPSA) is 50.9 Å². The molecule has 0 amide bonds. The maximum absolute atomic E-state index is 6.15. The van der Waals surface area contributed by atoms with Crippen molar-refractivity contribution in [2.75, 3.05) is 5.32 Å². The fourth-order valence-corrected chi connectivity index (χ4v) is 1.89. The first-order valence-electron chi connectivity index (χ1n) is 5.39. The normalized spacial score (nSPS) is 10.1. The molecule has 0 aliphatic rings. The van der Waals surface area contributed by atoms with Crippen molar-refractivity contribution in [3.8, 4) is 0 Å². The maximum atomic E-state index is 6.15. The number of rotatable bonds is 4. The summed E-state index contributed by atoms with van der Waals surface area (Å²) in [4.78, 5) is 4.39. The lowest BCUT2D eigenvalue weighted by atomic mass is 10.2. The third kappa shape index (κ3) is 3.18. The molecular weight excluding hydrogens is 266 g/mol. The quantitative estimate of drug-likeness (QED) is 0.844. The van der Waals surface area contributed by atoms with Gasteiger partial charge >= 0.3 is 0 Å². The standard InChI is InChI=1S/C13H12ClN3S/c14-11-6-10(13(15)18)3-4-12(11)17-8-9-2-1-5-16-7-9/h1-7,17H,8H2,(H2,15,18). The van der Waals surface area contributed by atoms with Gasteiger partial charge in [-0.1, -0.05) is 29.9 Å². The van der Waals surface area contributed by atoms with E-state index in [0.29, 0.717) is 16.6 Å². The van der Waals surface area contributed by atoms with Crippen LogP contribution in [0.1, 0.15) is 11.1 Å². The van der Waals surface area contributed by atoms with Crippen LogP contribution < -0.4 is 11.1 Å². The zero-order valence-electron chi connectivity index (χ0n) is 9.56. The van der Waals surface area contributed by atoms with E-state index >= 15 is 0 Å². The van der Waals surface area contributed by atoms with Gasteiger partial charge in [0.2, 0.25) is 0 Å². The van der Waals surface area contributed by atoms with Gasteiger partial charge in [-0.15, -0.1) is 0 Å². The third-order valence-electron chi connectivity index (χ3n) is 2.46. The molecular formula is C13H12ClN3S. The van der Waals surface area contributed by atoms with E-state index in [1.54, 1.807) is 12.3 Å². The number of hydrogen-bond donors (Lipinski definition) is 2. The highest BCUT2D eigenvalue weighted by atomic mass is 35.5. The van der Waals surface area contributed by atoms with Crippen LogP contribution in [0.3, 0.4) is 0 Å². The fraction of sp³-hybridized carbons (Fsp3) is 0.0769. The van der Waals surface area contributed by atoms with E-state index in [2.05, 4.69) is 10.3 Å². The summed E-state index contributed by atoms with van der Waals surface area (Å²) < 4.78 is 0. The van der Waals surface area contributed by atoms with Gasteiger partial charge in [-0.3, -0.25) is 4.98 Å². The van der Waals surface area contributed by atoms with E-state index in [1.807, 2.05) is 30.5 Å². The predicted molar refractivity (Wildman–Crippen MR) is 78.9 cm³/mol. The molecule has 0 aliphatic carbocycles. The Bertz CT molecular complexity index is 557. The Morgan fingerprint density at radius 3 is 2.83 bits per heavy atom. The molecule has 18 heavy (non-hydrogen) atoms. The number of anilines is 1. The van der Waals surface area contributed by atoms with Gasteiger partial charge in [0.25, 0.3) is 0 Å². The van der Waals surface area contributed by atoms with Crippen LogP contribution in [-0.4, -0.2) is 9.97 Å². The summed E-state index contributed by atoms with van der Waals surface area (Å²) in [5.41, 5.74) is 8.25. The minimum absolute atomic E-state index is 0.343. The molecule has 0 spiro atoms. The van der Waals surface area contributed by atoms with Gasteiger partial charge in [0.05, 0.1) is 10.7 Å². The minimum atomic E-state index is 0.343. The van der Waals surface area contributed by atoms with Crippen LogP contribution >= 0.6 is 23.8 Å². The first-order chi connectivity index (χ1) is 8.66. The average Bonchev–Trinajstić information content (AvgIpc) is 2.38. The highest BCUT2D eigenvalue weighted by Crippen LogP contribution is 2.23. The fourth-order valence-electron chi connectivity index (χ4n) is 1.51. The van der Waals surface area contributed by atoms with E-state index in [4.69, 9.17) is 29.6 Å². The molecule has 3 N–H and O–H groups in total. The molecule has 1 heterocycles. The van der Waals surface area contributed by atoms with Crippen molar-refractivity contribution >= 4 is 34.5 Å². The second-order valence-corrected chi connectivity index (χ2v) is 4.62. The molecule has 0 saturated carbocycles. The Balaban J connectivity index is 2.08. The van der Waals surface area contributed by atoms with Gasteiger partial charge in [0.1, 0.15) is 4.99 Å². The monoisotopic (exact) mass is 277 g/mol. The highest BCUT2D eigenvalue weighted by Gasteiger charge is 2.03. The largest absolute Gasteiger partial charge is 0.389 e. The van der Waals surface area contributed by atoms with Gasteiger partial charge in [-0.25, -0.2) is 0 Å². The number of aromatic nitrogens is 1. The van der Waals surface area contributed by atoms with Crippen LogP contribution in [0.15, 0.2) is 42.7 Å². The SMILES string of the molecule is NC(=S)c1ccc(NCc2cccnc2)c(Cl)c1. The molecule has 5 heteroatoms. The van der Waals surface area contributed by atoms with Crippen molar-refractivity contribution in [3.05, 3.63) is 58.9 Å². The van der Waals surface area contributed by atoms with Crippen molar-refractivity contribution in [2.24, 2.45) is 5.73 Å². The third-order valence-corrected chi connectivity index (χ3v) is 3.01. The Morgan fingerprint density at radius 2 is 2.22 bits per heavy atom. The van der Waals surface area contributed by atoms with E-state index < -0.39 is 0 Å². The first-order valence-corrected chi connectivity index (χ1v) is 6.17. The van der Waals surface area contributed by atoms with Crippen LogP contribution in [0.5, 0.6) is 0 Å². The van der Waals surface area contributed by atoms with E-state index in [9.17, 15) is 0 Å². The number of hydrogen-bond acceptors (Lipinski definition) is 3.